The fourth-order valence-corrected chi connectivity index (χ4v) is 4.67. The number of benzene rings is 2. The smallest absolute Gasteiger partial charge is 0.263 e. The number of nitrogens with one attached hydrogen (secondary N) is 1. The number of fused-ring (bicyclic) bond motifs is 5. The number of pyridine rings is 2. The van der Waals surface area contributed by atoms with Gasteiger partial charge in [0.25, 0.3) is 11.5 Å². The van der Waals surface area contributed by atoms with Crippen LogP contribution in [-0.2, 0) is 9.53 Å². The number of hydrogen-bond donors (Lipinski definition) is 1. The van der Waals surface area contributed by atoms with E-state index >= 15 is 0 Å². The summed E-state index contributed by atoms with van der Waals surface area (Å²) in [6.45, 7) is 1.19. The van der Waals surface area contributed by atoms with Crippen LogP contribution < -0.4 is 15.6 Å². The average Bonchev–Trinajstić information content (AvgIpc) is 3.46. The number of carbonyl (C=O) groups is 1. The van der Waals surface area contributed by atoms with E-state index in [1.165, 1.54) is 0 Å². The molecule has 7 nitrogen and oxygen atoms in total. The molecule has 0 unspecified atom stereocenters. The van der Waals surface area contributed by atoms with Crippen LogP contribution in [0.4, 0.5) is 0 Å². The van der Waals surface area contributed by atoms with Gasteiger partial charge in [0, 0.05) is 40.9 Å². The van der Waals surface area contributed by atoms with Crippen LogP contribution in [0, 0.1) is 0 Å². The first-order chi connectivity index (χ1) is 15.7. The molecule has 0 spiro atoms. The Labute approximate surface area is 182 Å². The van der Waals surface area contributed by atoms with Crippen molar-refractivity contribution in [1.29, 1.82) is 0 Å². The second kappa shape index (κ2) is 7.46. The van der Waals surface area contributed by atoms with Crippen LogP contribution >= 0.6 is 0 Å². The fraction of sp³-hybridized carbons (Fsp3) is 0.240. The lowest BCUT2D eigenvalue weighted by atomic mass is 10.1. The van der Waals surface area contributed by atoms with Gasteiger partial charge in [-0.1, -0.05) is 18.2 Å². The van der Waals surface area contributed by atoms with Crippen LogP contribution in [0.25, 0.3) is 38.1 Å². The number of carbonyl (C=O) groups excluding carboxylic acids is 1. The summed E-state index contributed by atoms with van der Waals surface area (Å²) in [6.07, 6.45) is 3.87. The van der Waals surface area contributed by atoms with Gasteiger partial charge in [-0.3, -0.25) is 19.0 Å². The van der Waals surface area contributed by atoms with E-state index in [9.17, 15) is 9.59 Å². The minimum atomic E-state index is -0.182. The SMILES string of the molecule is O=C(COc1ccc2c(c1)c1ccnc3c4ccccc4c(=O)n2c13)NC[C@H]1CCCO1. The van der Waals surface area contributed by atoms with Gasteiger partial charge in [-0.15, -0.1) is 0 Å². The van der Waals surface area contributed by atoms with Gasteiger partial charge in [0.05, 0.1) is 22.7 Å². The molecule has 1 aliphatic rings. The van der Waals surface area contributed by atoms with E-state index < -0.39 is 0 Å². The highest BCUT2D eigenvalue weighted by Crippen LogP contribution is 2.34. The number of amides is 1. The average molecular weight is 427 g/mol. The molecule has 160 valence electrons. The number of nitrogens with zero attached hydrogens (tertiary/aromatic N) is 2. The molecule has 1 atom stereocenters. The van der Waals surface area contributed by atoms with E-state index in [0.29, 0.717) is 17.7 Å². The highest BCUT2D eigenvalue weighted by Gasteiger charge is 2.19. The molecule has 1 N–H and O–H groups in total. The summed E-state index contributed by atoms with van der Waals surface area (Å²) in [6, 6.07) is 15.0. The monoisotopic (exact) mass is 427 g/mol. The van der Waals surface area contributed by atoms with E-state index in [0.717, 1.165) is 52.2 Å². The lowest BCUT2D eigenvalue weighted by molar-refractivity contribution is -0.123. The van der Waals surface area contributed by atoms with Gasteiger partial charge in [-0.2, -0.15) is 0 Å². The van der Waals surface area contributed by atoms with Crippen molar-refractivity contribution < 1.29 is 14.3 Å². The maximum absolute atomic E-state index is 13.3. The third-order valence-corrected chi connectivity index (χ3v) is 6.18. The molecule has 0 radical (unpaired) electrons. The predicted molar refractivity (Wildman–Crippen MR) is 123 cm³/mol. The van der Waals surface area contributed by atoms with Crippen molar-refractivity contribution in [3.63, 3.8) is 0 Å². The quantitative estimate of drug-likeness (QED) is 0.436. The highest BCUT2D eigenvalue weighted by molar-refractivity contribution is 6.18. The fourth-order valence-electron chi connectivity index (χ4n) is 4.67. The molecule has 0 bridgehead atoms. The standard InChI is InChI=1S/C25H21N3O4/c29-22(27-13-16-4-3-11-31-16)14-32-15-7-8-21-20(12-15)18-9-10-26-23-17-5-1-2-6-19(17)25(30)28(21)24(18)23/h1-2,5-10,12,16H,3-4,11,13-14H2,(H,27,29)/t16-/m1/s1. The molecule has 3 aromatic heterocycles. The highest BCUT2D eigenvalue weighted by atomic mass is 16.5. The molecule has 1 fully saturated rings. The van der Waals surface area contributed by atoms with Crippen molar-refractivity contribution in [2.75, 3.05) is 19.8 Å². The van der Waals surface area contributed by atoms with E-state index in [1.54, 1.807) is 16.7 Å². The first-order valence-electron chi connectivity index (χ1n) is 10.8. The van der Waals surface area contributed by atoms with Crippen molar-refractivity contribution in [3.05, 3.63) is 65.1 Å². The summed E-state index contributed by atoms with van der Waals surface area (Å²) < 4.78 is 13.0. The zero-order valence-corrected chi connectivity index (χ0v) is 17.3. The molecule has 6 rings (SSSR count). The Morgan fingerprint density at radius 2 is 2.00 bits per heavy atom. The van der Waals surface area contributed by atoms with E-state index in [2.05, 4.69) is 10.3 Å². The Balaban J connectivity index is 1.36. The third-order valence-electron chi connectivity index (χ3n) is 6.18. The van der Waals surface area contributed by atoms with Gasteiger partial charge >= 0.3 is 0 Å². The van der Waals surface area contributed by atoms with Gasteiger partial charge in [-0.05, 0) is 43.2 Å². The largest absolute Gasteiger partial charge is 0.484 e. The molecule has 0 aliphatic carbocycles. The molecular weight excluding hydrogens is 406 g/mol. The van der Waals surface area contributed by atoms with Crippen LogP contribution in [0.15, 0.2) is 59.5 Å². The first-order valence-corrected chi connectivity index (χ1v) is 10.8. The molecule has 1 aliphatic heterocycles. The topological polar surface area (TPSA) is 81.9 Å². The van der Waals surface area contributed by atoms with Crippen LogP contribution in [0.1, 0.15) is 12.8 Å². The second-order valence-electron chi connectivity index (χ2n) is 8.15. The first kappa shape index (κ1) is 19.0. The normalized spacial score (nSPS) is 16.4. The van der Waals surface area contributed by atoms with Crippen molar-refractivity contribution in [2.24, 2.45) is 0 Å². The Bertz CT molecular complexity index is 1540. The van der Waals surface area contributed by atoms with Gasteiger partial charge in [-0.25, -0.2) is 0 Å². The summed E-state index contributed by atoms with van der Waals surface area (Å²) >= 11 is 0. The third kappa shape index (κ3) is 2.97. The second-order valence-corrected chi connectivity index (χ2v) is 8.15. The van der Waals surface area contributed by atoms with E-state index in [-0.39, 0.29) is 24.2 Å². The Hall–Kier alpha value is -3.71. The molecule has 1 amide bonds. The Kier molecular flexibility index (Phi) is 4.43. The lowest BCUT2D eigenvalue weighted by Gasteiger charge is -2.11. The summed E-state index contributed by atoms with van der Waals surface area (Å²) in [5, 5.41) is 6.17. The molecule has 32 heavy (non-hydrogen) atoms. The minimum absolute atomic E-state index is 0.0664. The summed E-state index contributed by atoms with van der Waals surface area (Å²) in [5.41, 5.74) is 2.33. The van der Waals surface area contributed by atoms with Crippen LogP contribution in [0.3, 0.4) is 0 Å². The zero-order chi connectivity index (χ0) is 21.7. The maximum atomic E-state index is 13.3. The van der Waals surface area contributed by atoms with Crippen molar-refractivity contribution in [1.82, 2.24) is 14.7 Å². The lowest BCUT2D eigenvalue weighted by Crippen LogP contribution is -2.35. The Morgan fingerprint density at radius 3 is 2.84 bits per heavy atom. The number of aromatic nitrogens is 2. The molecule has 2 aromatic carbocycles. The van der Waals surface area contributed by atoms with Crippen LogP contribution in [0.5, 0.6) is 5.75 Å². The van der Waals surface area contributed by atoms with Crippen molar-refractivity contribution >= 4 is 44.0 Å². The number of ether oxygens (including phenoxy) is 2. The van der Waals surface area contributed by atoms with Gasteiger partial charge in [0.2, 0.25) is 0 Å². The van der Waals surface area contributed by atoms with Crippen molar-refractivity contribution in [2.45, 2.75) is 18.9 Å². The maximum Gasteiger partial charge on any atom is 0.263 e. The summed E-state index contributed by atoms with van der Waals surface area (Å²) in [4.78, 5) is 30.0. The molecular formula is C25H21N3O4. The predicted octanol–water partition coefficient (Wildman–Crippen LogP) is 3.27. The summed E-state index contributed by atoms with van der Waals surface area (Å²) in [7, 11) is 0. The number of rotatable bonds is 5. The van der Waals surface area contributed by atoms with Gasteiger partial charge < -0.3 is 14.8 Å². The molecule has 7 heteroatoms. The van der Waals surface area contributed by atoms with E-state index in [4.69, 9.17) is 9.47 Å². The van der Waals surface area contributed by atoms with E-state index in [1.807, 2.05) is 42.5 Å². The molecule has 4 heterocycles. The van der Waals surface area contributed by atoms with Crippen molar-refractivity contribution in [3.8, 4) is 5.75 Å². The van der Waals surface area contributed by atoms with Gasteiger partial charge in [0.1, 0.15) is 5.75 Å². The van der Waals surface area contributed by atoms with Gasteiger partial charge in [0.15, 0.2) is 6.61 Å². The minimum Gasteiger partial charge on any atom is -0.484 e. The van der Waals surface area contributed by atoms with Crippen LogP contribution in [-0.4, -0.2) is 41.2 Å². The molecule has 1 saturated heterocycles. The molecule has 0 saturated carbocycles. The summed E-state index contributed by atoms with van der Waals surface area (Å²) in [5.74, 6) is 0.393. The molecule has 5 aromatic rings. The Morgan fingerprint density at radius 1 is 1.12 bits per heavy atom. The van der Waals surface area contributed by atoms with Crippen LogP contribution in [0.2, 0.25) is 0 Å². The number of hydrogen-bond acceptors (Lipinski definition) is 5. The zero-order valence-electron chi connectivity index (χ0n) is 17.3.